The Morgan fingerprint density at radius 1 is 1.15 bits per heavy atom. The molecule has 5 rings (SSSR count). The molecular formula is C20H20BrN3O2. The maximum atomic E-state index is 12.9. The molecule has 5 nitrogen and oxygen atoms in total. The standard InChI is InChI=1S/C20H20BrN3O2/c1-23(2)15-6-3-11(9-14(15)21)10-22-24-18(25)16-12-4-5-13(17(16)19(24)26)20(12)7-8-20/h3-6,9-10,12-13,16-17H,7-8H2,1-2H3. The molecular weight excluding hydrogens is 394 g/mol. The van der Waals surface area contributed by atoms with E-state index in [4.69, 9.17) is 0 Å². The Morgan fingerprint density at radius 2 is 1.77 bits per heavy atom. The van der Waals surface area contributed by atoms with Gasteiger partial charge in [0.25, 0.3) is 11.8 Å². The summed E-state index contributed by atoms with van der Waals surface area (Å²) >= 11 is 3.55. The van der Waals surface area contributed by atoms with Crippen LogP contribution in [0.1, 0.15) is 18.4 Å². The van der Waals surface area contributed by atoms with E-state index in [1.807, 2.05) is 37.2 Å². The number of allylic oxidation sites excluding steroid dienone is 2. The first kappa shape index (κ1) is 16.2. The second-order valence-corrected chi connectivity index (χ2v) is 8.91. The molecule has 1 heterocycles. The van der Waals surface area contributed by atoms with Gasteiger partial charge in [-0.1, -0.05) is 18.2 Å². The van der Waals surface area contributed by atoms with Crippen molar-refractivity contribution < 1.29 is 9.59 Å². The molecule has 1 aromatic carbocycles. The topological polar surface area (TPSA) is 53.0 Å². The number of hydrogen-bond acceptors (Lipinski definition) is 4. The van der Waals surface area contributed by atoms with E-state index in [0.29, 0.717) is 0 Å². The van der Waals surface area contributed by atoms with Crippen LogP contribution < -0.4 is 4.90 Å². The SMILES string of the molecule is CN(C)c1ccc(C=NN2C(=O)C3C(C2=O)C2C=CC3C23CC3)cc1Br. The normalized spacial score (nSPS) is 33.0. The predicted molar refractivity (Wildman–Crippen MR) is 103 cm³/mol. The van der Waals surface area contributed by atoms with Crippen molar-refractivity contribution in [3.63, 3.8) is 0 Å². The van der Waals surface area contributed by atoms with Gasteiger partial charge in [0.15, 0.2) is 0 Å². The number of hydrogen-bond donors (Lipinski definition) is 0. The molecule has 0 N–H and O–H groups in total. The summed E-state index contributed by atoms with van der Waals surface area (Å²) in [5, 5.41) is 5.38. The predicted octanol–water partition coefficient (Wildman–Crippen LogP) is 3.05. The number of imide groups is 1. The first-order chi connectivity index (χ1) is 12.4. The summed E-state index contributed by atoms with van der Waals surface area (Å²) in [6.07, 6.45) is 8.25. The molecule has 4 aliphatic rings. The van der Waals surface area contributed by atoms with Crippen molar-refractivity contribution in [1.82, 2.24) is 5.01 Å². The number of hydrazone groups is 1. The molecule has 1 spiro atoms. The molecule has 4 atom stereocenters. The van der Waals surface area contributed by atoms with Gasteiger partial charge in [-0.05, 0) is 63.7 Å². The van der Waals surface area contributed by atoms with Crippen LogP contribution in [-0.2, 0) is 9.59 Å². The van der Waals surface area contributed by atoms with Crippen LogP contribution in [0, 0.1) is 29.1 Å². The van der Waals surface area contributed by atoms with E-state index < -0.39 is 0 Å². The number of carbonyl (C=O) groups excluding carboxylic acids is 2. The second kappa shape index (κ2) is 5.28. The Balaban J connectivity index is 1.39. The maximum Gasteiger partial charge on any atom is 0.254 e. The van der Waals surface area contributed by atoms with E-state index in [-0.39, 0.29) is 40.9 Å². The number of carbonyl (C=O) groups is 2. The molecule has 3 aliphatic carbocycles. The third-order valence-corrected chi connectivity index (χ3v) is 7.24. The highest BCUT2D eigenvalue weighted by atomic mass is 79.9. The average molecular weight is 414 g/mol. The van der Waals surface area contributed by atoms with Crippen molar-refractivity contribution in [3.05, 3.63) is 40.4 Å². The maximum absolute atomic E-state index is 12.9. The minimum absolute atomic E-state index is 0.122. The van der Waals surface area contributed by atoms with E-state index in [9.17, 15) is 9.59 Å². The Bertz CT molecular complexity index is 853. The third kappa shape index (κ3) is 1.99. The van der Waals surface area contributed by atoms with Gasteiger partial charge >= 0.3 is 0 Å². The minimum Gasteiger partial charge on any atom is -0.377 e. The first-order valence-electron chi connectivity index (χ1n) is 9.01. The summed E-state index contributed by atoms with van der Waals surface area (Å²) in [7, 11) is 3.95. The van der Waals surface area contributed by atoms with Crippen LogP contribution in [0.2, 0.25) is 0 Å². The molecule has 4 unspecified atom stereocenters. The monoisotopic (exact) mass is 413 g/mol. The van der Waals surface area contributed by atoms with Gasteiger partial charge in [-0.2, -0.15) is 10.1 Å². The molecule has 2 saturated carbocycles. The van der Waals surface area contributed by atoms with E-state index in [2.05, 4.69) is 33.2 Å². The lowest BCUT2D eigenvalue weighted by atomic mass is 9.85. The Hall–Kier alpha value is -1.95. The molecule has 0 aromatic heterocycles. The smallest absolute Gasteiger partial charge is 0.254 e. The van der Waals surface area contributed by atoms with Gasteiger partial charge in [-0.15, -0.1) is 0 Å². The van der Waals surface area contributed by atoms with Gasteiger partial charge < -0.3 is 4.90 Å². The number of nitrogens with zero attached hydrogens (tertiary/aromatic N) is 3. The van der Waals surface area contributed by atoms with E-state index >= 15 is 0 Å². The van der Waals surface area contributed by atoms with E-state index in [0.717, 1.165) is 33.6 Å². The zero-order chi connectivity index (χ0) is 18.2. The van der Waals surface area contributed by atoms with Crippen molar-refractivity contribution in [1.29, 1.82) is 0 Å². The Kier molecular flexibility index (Phi) is 3.30. The molecule has 2 amide bonds. The lowest BCUT2D eigenvalue weighted by Crippen LogP contribution is -2.30. The molecule has 2 bridgehead atoms. The molecule has 3 fully saturated rings. The van der Waals surface area contributed by atoms with E-state index in [1.54, 1.807) is 6.21 Å². The summed E-state index contributed by atoms with van der Waals surface area (Å²) in [6, 6.07) is 5.85. The zero-order valence-corrected chi connectivity index (χ0v) is 16.3. The highest BCUT2D eigenvalue weighted by Crippen LogP contribution is 2.73. The average Bonchev–Trinajstić information content (AvgIpc) is 3.20. The second-order valence-electron chi connectivity index (χ2n) is 8.06. The number of fused-ring (bicyclic) bond motifs is 3. The van der Waals surface area contributed by atoms with Gasteiger partial charge in [-0.3, -0.25) is 9.59 Å². The van der Waals surface area contributed by atoms with Gasteiger partial charge in [0, 0.05) is 18.6 Å². The van der Waals surface area contributed by atoms with Crippen LogP contribution in [0.3, 0.4) is 0 Å². The number of halogens is 1. The van der Waals surface area contributed by atoms with Crippen LogP contribution in [0.4, 0.5) is 5.69 Å². The van der Waals surface area contributed by atoms with Gasteiger partial charge in [-0.25, -0.2) is 0 Å². The van der Waals surface area contributed by atoms with Crippen molar-refractivity contribution in [2.75, 3.05) is 19.0 Å². The number of rotatable bonds is 3. The summed E-state index contributed by atoms with van der Waals surface area (Å²) in [5.74, 6) is -0.156. The van der Waals surface area contributed by atoms with E-state index in [1.165, 1.54) is 0 Å². The Labute approximate surface area is 160 Å². The zero-order valence-electron chi connectivity index (χ0n) is 14.7. The summed E-state index contributed by atoms with van der Waals surface area (Å²) in [5.41, 5.74) is 2.13. The van der Waals surface area contributed by atoms with Crippen molar-refractivity contribution in [2.24, 2.45) is 34.2 Å². The largest absolute Gasteiger partial charge is 0.377 e. The fraction of sp³-hybridized carbons (Fsp3) is 0.450. The molecule has 1 aromatic rings. The molecule has 26 heavy (non-hydrogen) atoms. The van der Waals surface area contributed by atoms with Gasteiger partial charge in [0.05, 0.1) is 23.7 Å². The van der Waals surface area contributed by atoms with Crippen LogP contribution in [0.5, 0.6) is 0 Å². The third-order valence-electron chi connectivity index (χ3n) is 6.61. The van der Waals surface area contributed by atoms with Crippen molar-refractivity contribution in [3.8, 4) is 0 Å². The molecule has 1 aliphatic heterocycles. The quantitative estimate of drug-likeness (QED) is 0.434. The van der Waals surface area contributed by atoms with Crippen LogP contribution in [0.15, 0.2) is 39.9 Å². The fourth-order valence-corrected chi connectivity index (χ4v) is 6.02. The summed E-state index contributed by atoms with van der Waals surface area (Å²) < 4.78 is 0.945. The van der Waals surface area contributed by atoms with Crippen molar-refractivity contribution >= 4 is 39.6 Å². The molecule has 6 heteroatoms. The minimum atomic E-state index is -0.194. The lowest BCUT2D eigenvalue weighted by Gasteiger charge is -2.18. The first-order valence-corrected chi connectivity index (χ1v) is 9.80. The van der Waals surface area contributed by atoms with Crippen LogP contribution in [-0.4, -0.2) is 37.1 Å². The lowest BCUT2D eigenvalue weighted by molar-refractivity contribution is -0.141. The summed E-state index contributed by atoms with van der Waals surface area (Å²) in [6.45, 7) is 0. The molecule has 1 saturated heterocycles. The fourth-order valence-electron chi connectivity index (χ4n) is 5.27. The Morgan fingerprint density at radius 3 is 2.27 bits per heavy atom. The molecule has 0 radical (unpaired) electrons. The van der Waals surface area contributed by atoms with Crippen LogP contribution >= 0.6 is 15.9 Å². The van der Waals surface area contributed by atoms with Crippen LogP contribution in [0.25, 0.3) is 0 Å². The summed E-state index contributed by atoms with van der Waals surface area (Å²) in [4.78, 5) is 27.8. The number of benzene rings is 1. The number of anilines is 1. The van der Waals surface area contributed by atoms with Gasteiger partial charge in [0.2, 0.25) is 0 Å². The highest BCUT2D eigenvalue weighted by molar-refractivity contribution is 9.10. The number of amides is 2. The molecule has 134 valence electrons. The van der Waals surface area contributed by atoms with Gasteiger partial charge in [0.1, 0.15) is 0 Å². The highest BCUT2D eigenvalue weighted by Gasteiger charge is 2.73. The van der Waals surface area contributed by atoms with Crippen molar-refractivity contribution in [2.45, 2.75) is 12.8 Å².